The third-order valence-corrected chi connectivity index (χ3v) is 5.51. The molecule has 3 aromatic carbocycles. The molecule has 0 aliphatic carbocycles. The molecule has 0 aliphatic rings. The van der Waals surface area contributed by atoms with Crippen LogP contribution in [-0.4, -0.2) is 17.9 Å². The second-order valence-electron chi connectivity index (χ2n) is 6.70. The molecule has 1 amide bonds. The van der Waals surface area contributed by atoms with Gasteiger partial charge in [-0.15, -0.1) is 11.3 Å². The Morgan fingerprint density at radius 3 is 1.97 bits per heavy atom. The fraction of sp³-hybridized carbons (Fsp3) is 0.0400. The van der Waals surface area contributed by atoms with Gasteiger partial charge >= 0.3 is 0 Å². The predicted molar refractivity (Wildman–Crippen MR) is 122 cm³/mol. The maximum Gasteiger partial charge on any atom is 0.263 e. The molecule has 0 bridgehead atoms. The number of thiophene rings is 1. The Labute approximate surface area is 179 Å². The van der Waals surface area contributed by atoms with Crippen LogP contribution in [0.4, 0.5) is 5.69 Å². The zero-order valence-electron chi connectivity index (χ0n) is 16.1. The molecule has 0 spiro atoms. The van der Waals surface area contributed by atoms with Crippen LogP contribution in [0.3, 0.4) is 0 Å². The van der Waals surface area contributed by atoms with Gasteiger partial charge in [0.2, 0.25) is 5.78 Å². The van der Waals surface area contributed by atoms with Crippen molar-refractivity contribution in [3.8, 4) is 11.1 Å². The summed E-state index contributed by atoms with van der Waals surface area (Å²) in [6.45, 7) is 0. The summed E-state index contributed by atoms with van der Waals surface area (Å²) in [7, 11) is 0. The first-order valence-electron chi connectivity index (χ1n) is 9.56. The minimum absolute atomic E-state index is 0.201. The molecule has 5 heteroatoms. The summed E-state index contributed by atoms with van der Waals surface area (Å²) in [4.78, 5) is 26.2. The molecule has 30 heavy (non-hydrogen) atoms. The fourth-order valence-electron chi connectivity index (χ4n) is 3.10. The molecule has 1 atom stereocenters. The minimum atomic E-state index is -0.885. The smallest absolute Gasteiger partial charge is 0.263 e. The van der Waals surface area contributed by atoms with E-state index in [1.54, 1.807) is 30.3 Å². The Balaban J connectivity index is 1.56. The molecule has 0 fully saturated rings. The Morgan fingerprint density at radius 2 is 1.33 bits per heavy atom. The number of carbonyl (C=O) groups excluding carboxylic acids is 2. The molecule has 1 unspecified atom stereocenters. The highest BCUT2D eigenvalue weighted by Crippen LogP contribution is 2.21. The van der Waals surface area contributed by atoms with Crippen molar-refractivity contribution in [1.82, 2.24) is 5.32 Å². The van der Waals surface area contributed by atoms with E-state index in [0.29, 0.717) is 10.4 Å². The lowest BCUT2D eigenvalue weighted by atomic mass is 10.1. The predicted octanol–water partition coefficient (Wildman–Crippen LogP) is 5.47. The first-order chi connectivity index (χ1) is 14.7. The van der Waals surface area contributed by atoms with Crippen LogP contribution in [0, 0.1) is 0 Å². The lowest BCUT2D eigenvalue weighted by Crippen LogP contribution is -2.46. The summed E-state index contributed by atoms with van der Waals surface area (Å²) in [5, 5.41) is 7.83. The van der Waals surface area contributed by atoms with E-state index in [2.05, 4.69) is 10.6 Å². The van der Waals surface area contributed by atoms with Crippen LogP contribution in [0.5, 0.6) is 0 Å². The summed E-state index contributed by atoms with van der Waals surface area (Å²) in [5.41, 5.74) is 3.47. The van der Waals surface area contributed by atoms with Crippen LogP contribution < -0.4 is 10.6 Å². The van der Waals surface area contributed by atoms with Crippen molar-refractivity contribution in [1.29, 1.82) is 0 Å². The number of nitrogens with one attached hydrogen (secondary N) is 2. The molecule has 0 aliphatic heterocycles. The second kappa shape index (κ2) is 9.20. The number of ketones is 1. The van der Waals surface area contributed by atoms with E-state index in [-0.39, 0.29) is 11.7 Å². The molecule has 2 N–H and O–H groups in total. The standard InChI is InChI=1S/C25H20N2O2S/c28-23(20-10-5-2-6-11-20)24(27-25(29)22-12-7-17-30-22)26-21-15-13-19(14-16-21)18-8-3-1-4-9-18/h1-17,24,26H,(H,27,29). The van der Waals surface area contributed by atoms with E-state index < -0.39 is 6.17 Å². The summed E-state index contributed by atoms with van der Waals surface area (Å²) >= 11 is 1.34. The van der Waals surface area contributed by atoms with Gasteiger partial charge in [-0.3, -0.25) is 9.59 Å². The molecule has 4 rings (SSSR count). The number of hydrogen-bond donors (Lipinski definition) is 2. The average Bonchev–Trinajstić information content (AvgIpc) is 3.35. The SMILES string of the molecule is O=C(NC(Nc1ccc(-c2ccccc2)cc1)C(=O)c1ccccc1)c1cccs1. The van der Waals surface area contributed by atoms with E-state index in [9.17, 15) is 9.59 Å². The van der Waals surface area contributed by atoms with Crippen molar-refractivity contribution in [2.24, 2.45) is 0 Å². The summed E-state index contributed by atoms with van der Waals surface area (Å²) in [6, 6.07) is 30.4. The fourth-order valence-corrected chi connectivity index (χ4v) is 3.73. The van der Waals surface area contributed by atoms with Crippen molar-refractivity contribution < 1.29 is 9.59 Å². The van der Waals surface area contributed by atoms with Gasteiger partial charge in [-0.25, -0.2) is 0 Å². The highest BCUT2D eigenvalue weighted by molar-refractivity contribution is 7.12. The van der Waals surface area contributed by atoms with Gasteiger partial charge in [-0.1, -0.05) is 78.9 Å². The third kappa shape index (κ3) is 4.64. The Morgan fingerprint density at radius 1 is 0.700 bits per heavy atom. The third-order valence-electron chi connectivity index (χ3n) is 4.64. The normalized spacial score (nSPS) is 11.5. The molecule has 4 aromatic rings. The summed E-state index contributed by atoms with van der Waals surface area (Å²) < 4.78 is 0. The van der Waals surface area contributed by atoms with Crippen molar-refractivity contribution in [2.75, 3.05) is 5.32 Å². The number of benzene rings is 3. The lowest BCUT2D eigenvalue weighted by molar-refractivity contribution is 0.0872. The van der Waals surface area contributed by atoms with Crippen LogP contribution in [0.1, 0.15) is 20.0 Å². The van der Waals surface area contributed by atoms with Crippen LogP contribution in [-0.2, 0) is 0 Å². The first kappa shape index (κ1) is 19.6. The van der Waals surface area contributed by atoms with E-state index in [0.717, 1.165) is 16.8 Å². The van der Waals surface area contributed by atoms with Gasteiger partial charge in [0.05, 0.1) is 4.88 Å². The van der Waals surface area contributed by atoms with E-state index in [1.807, 2.05) is 72.1 Å². The molecule has 0 saturated heterocycles. The number of carbonyl (C=O) groups is 2. The van der Waals surface area contributed by atoms with E-state index in [1.165, 1.54) is 11.3 Å². The molecular weight excluding hydrogens is 392 g/mol. The quantitative estimate of drug-likeness (QED) is 0.313. The molecule has 148 valence electrons. The highest BCUT2D eigenvalue weighted by Gasteiger charge is 2.23. The van der Waals surface area contributed by atoms with E-state index >= 15 is 0 Å². The molecule has 1 heterocycles. The largest absolute Gasteiger partial charge is 0.359 e. The van der Waals surface area contributed by atoms with Crippen LogP contribution in [0.25, 0.3) is 11.1 Å². The van der Waals surface area contributed by atoms with Crippen LogP contribution in [0.2, 0.25) is 0 Å². The molecule has 0 radical (unpaired) electrons. The maximum atomic E-state index is 13.1. The van der Waals surface area contributed by atoms with Crippen LogP contribution >= 0.6 is 11.3 Å². The molecular formula is C25H20N2O2S. The number of rotatable bonds is 7. The molecule has 0 saturated carbocycles. The highest BCUT2D eigenvalue weighted by atomic mass is 32.1. The zero-order chi connectivity index (χ0) is 20.8. The number of Topliss-reactive ketones (excluding diaryl/α,β-unsaturated/α-hetero) is 1. The van der Waals surface area contributed by atoms with Gasteiger partial charge in [0, 0.05) is 11.3 Å². The molecule has 4 nitrogen and oxygen atoms in total. The van der Waals surface area contributed by atoms with Gasteiger partial charge in [-0.2, -0.15) is 0 Å². The Hall–Kier alpha value is -3.70. The summed E-state index contributed by atoms with van der Waals surface area (Å²) in [5.74, 6) is -0.486. The Bertz CT molecular complexity index is 1110. The van der Waals surface area contributed by atoms with Crippen molar-refractivity contribution in [2.45, 2.75) is 6.17 Å². The van der Waals surface area contributed by atoms with Gasteiger partial charge in [0.1, 0.15) is 0 Å². The molecule has 1 aromatic heterocycles. The van der Waals surface area contributed by atoms with Gasteiger partial charge in [0.25, 0.3) is 5.91 Å². The van der Waals surface area contributed by atoms with Gasteiger partial charge in [-0.05, 0) is 34.7 Å². The van der Waals surface area contributed by atoms with E-state index in [4.69, 9.17) is 0 Å². The lowest BCUT2D eigenvalue weighted by Gasteiger charge is -2.20. The number of hydrogen-bond acceptors (Lipinski definition) is 4. The first-order valence-corrected chi connectivity index (χ1v) is 10.4. The number of anilines is 1. The topological polar surface area (TPSA) is 58.2 Å². The van der Waals surface area contributed by atoms with Crippen LogP contribution in [0.15, 0.2) is 102 Å². The van der Waals surface area contributed by atoms with Crippen molar-refractivity contribution >= 4 is 28.7 Å². The second-order valence-corrected chi connectivity index (χ2v) is 7.65. The maximum absolute atomic E-state index is 13.1. The van der Waals surface area contributed by atoms with Crippen molar-refractivity contribution in [3.63, 3.8) is 0 Å². The zero-order valence-corrected chi connectivity index (χ0v) is 16.9. The van der Waals surface area contributed by atoms with Crippen molar-refractivity contribution in [3.05, 3.63) is 113 Å². The average molecular weight is 413 g/mol. The van der Waals surface area contributed by atoms with Gasteiger partial charge < -0.3 is 10.6 Å². The summed E-state index contributed by atoms with van der Waals surface area (Å²) in [6.07, 6.45) is -0.885. The monoisotopic (exact) mass is 412 g/mol. The number of amides is 1. The minimum Gasteiger partial charge on any atom is -0.359 e. The van der Waals surface area contributed by atoms with Gasteiger partial charge in [0.15, 0.2) is 6.17 Å². The Kier molecular flexibility index (Phi) is 6.01.